The van der Waals surface area contributed by atoms with Crippen LogP contribution in [0.3, 0.4) is 0 Å². The summed E-state index contributed by atoms with van der Waals surface area (Å²) in [6.45, 7) is 2.40. The summed E-state index contributed by atoms with van der Waals surface area (Å²) in [5.74, 6) is 2.24. The first kappa shape index (κ1) is 13.4. The average Bonchev–Trinajstić information content (AvgIpc) is 2.42. The molecule has 20 heavy (non-hydrogen) atoms. The molecule has 1 aromatic heterocycles. The van der Waals surface area contributed by atoms with E-state index in [0.29, 0.717) is 5.82 Å². The van der Waals surface area contributed by atoms with Crippen molar-refractivity contribution in [2.45, 2.75) is 51.4 Å². The maximum absolute atomic E-state index is 5.74. The number of anilines is 1. The van der Waals surface area contributed by atoms with Crippen molar-refractivity contribution < 1.29 is 0 Å². The van der Waals surface area contributed by atoms with Gasteiger partial charge < -0.3 is 5.73 Å². The molecule has 3 rings (SSSR count). The number of benzene rings is 1. The Bertz CT molecular complexity index is 581. The summed E-state index contributed by atoms with van der Waals surface area (Å²) in [6, 6.07) is 10.7. The molecule has 1 fully saturated rings. The van der Waals surface area contributed by atoms with Gasteiger partial charge in [0.1, 0.15) is 5.82 Å². The van der Waals surface area contributed by atoms with E-state index in [1.807, 2.05) is 6.07 Å². The molecule has 0 saturated heterocycles. The van der Waals surface area contributed by atoms with E-state index in [0.717, 1.165) is 17.4 Å². The number of rotatable bonds is 1. The number of hydrogen-bond acceptors (Lipinski definition) is 2. The number of nitrogens with two attached hydrogens (primary N) is 1. The van der Waals surface area contributed by atoms with Crippen LogP contribution in [-0.2, 0) is 0 Å². The van der Waals surface area contributed by atoms with Crippen LogP contribution in [0.1, 0.15) is 56.9 Å². The third kappa shape index (κ3) is 2.95. The lowest BCUT2D eigenvalue weighted by Gasteiger charge is -2.23. The van der Waals surface area contributed by atoms with Crippen LogP contribution in [0.15, 0.2) is 30.3 Å². The Balaban J connectivity index is 1.83. The lowest BCUT2D eigenvalue weighted by atomic mass is 9.83. The molecule has 2 N–H and O–H groups in total. The van der Waals surface area contributed by atoms with Gasteiger partial charge in [0.2, 0.25) is 0 Å². The van der Waals surface area contributed by atoms with Gasteiger partial charge in [0, 0.05) is 5.39 Å². The quantitative estimate of drug-likeness (QED) is 0.799. The molecule has 1 saturated carbocycles. The molecule has 106 valence electrons. The zero-order valence-corrected chi connectivity index (χ0v) is 12.3. The van der Waals surface area contributed by atoms with Gasteiger partial charge in [-0.2, -0.15) is 0 Å². The highest BCUT2D eigenvalue weighted by Gasteiger charge is 2.16. The lowest BCUT2D eigenvalue weighted by molar-refractivity contribution is 0.378. The van der Waals surface area contributed by atoms with Gasteiger partial charge in [-0.05, 0) is 54.5 Å². The standard InChI is InChI=1S/C18H24N2/c1-13-4-2-6-14(7-3-5-13)15-8-10-17-16(12-15)9-11-18(19)20-17/h8-14H,2-7H2,1H3,(H2,19,20). The second kappa shape index (κ2) is 5.82. The summed E-state index contributed by atoms with van der Waals surface area (Å²) in [5, 5.41) is 1.21. The summed E-state index contributed by atoms with van der Waals surface area (Å²) in [5.41, 5.74) is 8.24. The van der Waals surface area contributed by atoms with E-state index in [1.54, 1.807) is 0 Å². The molecule has 2 nitrogen and oxygen atoms in total. The predicted octanol–water partition coefficient (Wildman–Crippen LogP) is 4.89. The zero-order chi connectivity index (χ0) is 13.9. The highest BCUT2D eigenvalue weighted by Crippen LogP contribution is 2.33. The van der Waals surface area contributed by atoms with Crippen LogP contribution in [0.2, 0.25) is 0 Å². The third-order valence-electron chi connectivity index (χ3n) is 4.71. The highest BCUT2D eigenvalue weighted by molar-refractivity contribution is 5.80. The lowest BCUT2D eigenvalue weighted by Crippen LogP contribution is -2.06. The molecule has 0 amide bonds. The summed E-state index contributed by atoms with van der Waals surface area (Å²) < 4.78 is 0. The van der Waals surface area contributed by atoms with Gasteiger partial charge in [-0.3, -0.25) is 0 Å². The number of nitrogen functional groups attached to an aromatic ring is 1. The Morgan fingerprint density at radius 1 is 1.00 bits per heavy atom. The maximum Gasteiger partial charge on any atom is 0.124 e. The van der Waals surface area contributed by atoms with Crippen molar-refractivity contribution in [2.24, 2.45) is 5.92 Å². The van der Waals surface area contributed by atoms with Crippen molar-refractivity contribution in [1.82, 2.24) is 4.98 Å². The van der Waals surface area contributed by atoms with Crippen LogP contribution in [0, 0.1) is 5.92 Å². The molecule has 1 aromatic carbocycles. The van der Waals surface area contributed by atoms with Crippen LogP contribution in [0.25, 0.3) is 10.9 Å². The SMILES string of the molecule is CC1CCCC(c2ccc3nc(N)ccc3c2)CCC1. The Hall–Kier alpha value is -1.57. The molecule has 1 aliphatic carbocycles. The largest absolute Gasteiger partial charge is 0.384 e. The molecule has 1 aliphatic rings. The fourth-order valence-corrected chi connectivity index (χ4v) is 3.46. The molecule has 0 unspecified atom stereocenters. The van der Waals surface area contributed by atoms with E-state index < -0.39 is 0 Å². The first-order chi connectivity index (χ1) is 9.72. The minimum atomic E-state index is 0.602. The van der Waals surface area contributed by atoms with E-state index in [2.05, 4.69) is 36.2 Å². The second-order valence-corrected chi connectivity index (χ2v) is 6.35. The fourth-order valence-electron chi connectivity index (χ4n) is 3.46. The molecule has 0 radical (unpaired) electrons. The Morgan fingerprint density at radius 2 is 1.75 bits per heavy atom. The number of hydrogen-bond donors (Lipinski definition) is 1. The predicted molar refractivity (Wildman–Crippen MR) is 85.8 cm³/mol. The summed E-state index contributed by atoms with van der Waals surface area (Å²) >= 11 is 0. The molecule has 0 bridgehead atoms. The fraction of sp³-hybridized carbons (Fsp3) is 0.500. The molecule has 0 spiro atoms. The Labute approximate surface area is 121 Å². The van der Waals surface area contributed by atoms with Gasteiger partial charge in [-0.15, -0.1) is 0 Å². The van der Waals surface area contributed by atoms with Crippen LogP contribution in [0.4, 0.5) is 5.82 Å². The number of nitrogens with zero attached hydrogens (tertiary/aromatic N) is 1. The van der Waals surface area contributed by atoms with E-state index in [-0.39, 0.29) is 0 Å². The molecule has 0 atom stereocenters. The highest BCUT2D eigenvalue weighted by atomic mass is 14.8. The van der Waals surface area contributed by atoms with E-state index in [9.17, 15) is 0 Å². The normalized spacial score (nSPS) is 24.2. The van der Waals surface area contributed by atoms with Crippen molar-refractivity contribution in [3.63, 3.8) is 0 Å². The van der Waals surface area contributed by atoms with Gasteiger partial charge in [-0.25, -0.2) is 4.98 Å². The second-order valence-electron chi connectivity index (χ2n) is 6.35. The minimum absolute atomic E-state index is 0.602. The zero-order valence-electron chi connectivity index (χ0n) is 12.3. The smallest absolute Gasteiger partial charge is 0.124 e. The average molecular weight is 268 g/mol. The molecule has 2 aromatic rings. The molecular formula is C18H24N2. The maximum atomic E-state index is 5.74. The van der Waals surface area contributed by atoms with E-state index in [1.165, 1.54) is 49.5 Å². The minimum Gasteiger partial charge on any atom is -0.384 e. The van der Waals surface area contributed by atoms with Gasteiger partial charge in [0.05, 0.1) is 5.52 Å². The van der Waals surface area contributed by atoms with Crippen molar-refractivity contribution >= 4 is 16.7 Å². The van der Waals surface area contributed by atoms with Crippen molar-refractivity contribution in [3.05, 3.63) is 35.9 Å². The van der Waals surface area contributed by atoms with Crippen molar-refractivity contribution in [2.75, 3.05) is 5.73 Å². The third-order valence-corrected chi connectivity index (χ3v) is 4.71. The van der Waals surface area contributed by atoms with Gasteiger partial charge >= 0.3 is 0 Å². The van der Waals surface area contributed by atoms with Crippen LogP contribution in [-0.4, -0.2) is 4.98 Å². The summed E-state index contributed by atoms with van der Waals surface area (Å²) in [7, 11) is 0. The molecule has 2 heteroatoms. The Kier molecular flexibility index (Phi) is 3.90. The number of pyridine rings is 1. The topological polar surface area (TPSA) is 38.9 Å². The van der Waals surface area contributed by atoms with Crippen molar-refractivity contribution in [1.29, 1.82) is 0 Å². The van der Waals surface area contributed by atoms with E-state index >= 15 is 0 Å². The first-order valence-electron chi connectivity index (χ1n) is 7.88. The van der Waals surface area contributed by atoms with E-state index in [4.69, 9.17) is 5.73 Å². The molecular weight excluding hydrogens is 244 g/mol. The van der Waals surface area contributed by atoms with Crippen LogP contribution < -0.4 is 5.73 Å². The monoisotopic (exact) mass is 268 g/mol. The van der Waals surface area contributed by atoms with Crippen LogP contribution in [0.5, 0.6) is 0 Å². The van der Waals surface area contributed by atoms with Crippen LogP contribution >= 0.6 is 0 Å². The molecule has 1 heterocycles. The van der Waals surface area contributed by atoms with Gasteiger partial charge in [0.25, 0.3) is 0 Å². The number of fused-ring (bicyclic) bond motifs is 1. The van der Waals surface area contributed by atoms with Crippen molar-refractivity contribution in [3.8, 4) is 0 Å². The summed E-state index contributed by atoms with van der Waals surface area (Å²) in [6.07, 6.45) is 8.18. The molecule has 0 aliphatic heterocycles. The summed E-state index contributed by atoms with van der Waals surface area (Å²) in [4.78, 5) is 4.38. The Morgan fingerprint density at radius 3 is 2.50 bits per heavy atom. The first-order valence-corrected chi connectivity index (χ1v) is 7.88. The number of aromatic nitrogens is 1. The van der Waals surface area contributed by atoms with Gasteiger partial charge in [-0.1, -0.05) is 38.7 Å². The van der Waals surface area contributed by atoms with Gasteiger partial charge in [0.15, 0.2) is 0 Å².